The summed E-state index contributed by atoms with van der Waals surface area (Å²) in [5.41, 5.74) is 1.39. The topological polar surface area (TPSA) is 21.3 Å². The van der Waals surface area contributed by atoms with Gasteiger partial charge in [-0.05, 0) is 25.3 Å². The quantitative estimate of drug-likeness (QED) is 0.843. The fourth-order valence-electron chi connectivity index (χ4n) is 2.29. The molecule has 1 N–H and O–H groups in total. The second kappa shape index (κ2) is 4.02. The monoisotopic (exact) mass is 233 g/mol. The van der Waals surface area contributed by atoms with Crippen molar-refractivity contribution in [1.29, 1.82) is 0 Å². The van der Waals surface area contributed by atoms with Gasteiger partial charge >= 0.3 is 0 Å². The van der Waals surface area contributed by atoms with Gasteiger partial charge in [-0.25, -0.2) is 0 Å². The van der Waals surface area contributed by atoms with E-state index in [-0.39, 0.29) is 17.1 Å². The number of hydrogen-bond acceptors (Lipinski definition) is 2. The average Bonchev–Trinajstić information content (AvgIpc) is 2.43. The van der Waals surface area contributed by atoms with E-state index in [9.17, 15) is 0 Å². The predicted molar refractivity (Wildman–Crippen MR) is 71.3 cm³/mol. The molecule has 17 heavy (non-hydrogen) atoms. The predicted octanol–water partition coefficient (Wildman–Crippen LogP) is 3.53. The minimum atomic E-state index is -0.172. The Hall–Kier alpha value is -1.02. The molecule has 1 aromatic carbocycles. The highest BCUT2D eigenvalue weighted by Crippen LogP contribution is 2.42. The largest absolute Gasteiger partial charge is 0.486 e. The van der Waals surface area contributed by atoms with Crippen LogP contribution in [0.5, 0.6) is 5.75 Å². The molecule has 0 radical (unpaired) electrons. The van der Waals surface area contributed by atoms with Gasteiger partial charge in [-0.1, -0.05) is 39.0 Å². The van der Waals surface area contributed by atoms with E-state index in [0.29, 0.717) is 0 Å². The van der Waals surface area contributed by atoms with E-state index in [4.69, 9.17) is 4.74 Å². The Kier molecular flexibility index (Phi) is 2.94. The first kappa shape index (κ1) is 12.4. The van der Waals surface area contributed by atoms with Crippen LogP contribution in [-0.2, 0) is 0 Å². The molecule has 1 heterocycles. The van der Waals surface area contributed by atoms with Gasteiger partial charge in [0.25, 0.3) is 0 Å². The molecule has 2 nitrogen and oxygen atoms in total. The lowest BCUT2D eigenvalue weighted by atomic mass is 9.91. The molecule has 1 atom stereocenters. The SMILES string of the molecule is CC(C)(C)CNC1c2ccccc2OC1(C)C. The van der Waals surface area contributed by atoms with Gasteiger partial charge in [0.05, 0.1) is 6.04 Å². The van der Waals surface area contributed by atoms with E-state index in [1.54, 1.807) is 0 Å². The first-order chi connectivity index (χ1) is 7.80. The van der Waals surface area contributed by atoms with Crippen molar-refractivity contribution in [1.82, 2.24) is 5.32 Å². The average molecular weight is 233 g/mol. The molecule has 2 rings (SSSR count). The third-order valence-electron chi connectivity index (χ3n) is 3.13. The number of hydrogen-bond donors (Lipinski definition) is 1. The molecule has 1 unspecified atom stereocenters. The van der Waals surface area contributed by atoms with Crippen LogP contribution < -0.4 is 10.1 Å². The number of ether oxygens (including phenoxy) is 1. The summed E-state index contributed by atoms with van der Waals surface area (Å²) in [5, 5.41) is 3.64. The fourth-order valence-corrected chi connectivity index (χ4v) is 2.29. The molecule has 2 heteroatoms. The highest BCUT2D eigenvalue weighted by atomic mass is 16.5. The van der Waals surface area contributed by atoms with E-state index in [2.05, 4.69) is 58.1 Å². The van der Waals surface area contributed by atoms with Gasteiger partial charge in [0.15, 0.2) is 0 Å². The van der Waals surface area contributed by atoms with Crippen LogP contribution in [0.3, 0.4) is 0 Å². The molecule has 0 aromatic heterocycles. The van der Waals surface area contributed by atoms with Crippen LogP contribution in [-0.4, -0.2) is 12.1 Å². The van der Waals surface area contributed by atoms with Gasteiger partial charge < -0.3 is 10.1 Å². The molecule has 0 bridgehead atoms. The smallest absolute Gasteiger partial charge is 0.125 e. The molecule has 0 aliphatic carbocycles. The molecular weight excluding hydrogens is 210 g/mol. The Labute approximate surface area is 104 Å². The van der Waals surface area contributed by atoms with Gasteiger partial charge in [-0.2, -0.15) is 0 Å². The molecule has 0 spiro atoms. The molecule has 0 saturated heterocycles. The Balaban J connectivity index is 2.20. The highest BCUT2D eigenvalue weighted by molar-refractivity contribution is 5.42. The van der Waals surface area contributed by atoms with Gasteiger partial charge in [-0.3, -0.25) is 0 Å². The molecule has 94 valence electrons. The summed E-state index contributed by atoms with van der Waals surface area (Å²) >= 11 is 0. The number of fused-ring (bicyclic) bond motifs is 1. The zero-order valence-electron chi connectivity index (χ0n) is 11.5. The molecular formula is C15H23NO. The first-order valence-corrected chi connectivity index (χ1v) is 6.31. The Morgan fingerprint density at radius 1 is 1.24 bits per heavy atom. The minimum absolute atomic E-state index is 0.172. The first-order valence-electron chi connectivity index (χ1n) is 6.31. The van der Waals surface area contributed by atoms with Crippen molar-refractivity contribution in [2.45, 2.75) is 46.3 Å². The number of benzene rings is 1. The van der Waals surface area contributed by atoms with Crippen molar-refractivity contribution in [2.24, 2.45) is 5.41 Å². The maximum Gasteiger partial charge on any atom is 0.125 e. The molecule has 1 aliphatic heterocycles. The zero-order valence-corrected chi connectivity index (χ0v) is 11.5. The van der Waals surface area contributed by atoms with Crippen molar-refractivity contribution in [2.75, 3.05) is 6.54 Å². The summed E-state index contributed by atoms with van der Waals surface area (Å²) in [5.74, 6) is 1.02. The van der Waals surface area contributed by atoms with E-state index in [0.717, 1.165) is 12.3 Å². The van der Waals surface area contributed by atoms with Crippen molar-refractivity contribution in [3.05, 3.63) is 29.8 Å². The summed E-state index contributed by atoms with van der Waals surface area (Å²) in [6, 6.07) is 8.59. The van der Waals surface area contributed by atoms with Gasteiger partial charge in [0.1, 0.15) is 11.4 Å². The summed E-state index contributed by atoms with van der Waals surface area (Å²) < 4.78 is 6.01. The van der Waals surface area contributed by atoms with Crippen LogP contribution in [0.15, 0.2) is 24.3 Å². The third-order valence-corrected chi connectivity index (χ3v) is 3.13. The summed E-state index contributed by atoms with van der Waals surface area (Å²) in [6.45, 7) is 12.0. The Morgan fingerprint density at radius 3 is 2.53 bits per heavy atom. The van der Waals surface area contributed by atoms with E-state index in [1.165, 1.54) is 5.56 Å². The number of rotatable bonds is 2. The van der Waals surface area contributed by atoms with Crippen LogP contribution in [0.25, 0.3) is 0 Å². The lowest BCUT2D eigenvalue weighted by Gasteiger charge is -2.30. The summed E-state index contributed by atoms with van der Waals surface area (Å²) in [7, 11) is 0. The Morgan fingerprint density at radius 2 is 1.88 bits per heavy atom. The normalized spacial score (nSPS) is 22.1. The minimum Gasteiger partial charge on any atom is -0.486 e. The van der Waals surface area contributed by atoms with Gasteiger partial charge in [0, 0.05) is 12.1 Å². The second-order valence-electron chi connectivity index (χ2n) is 6.62. The van der Waals surface area contributed by atoms with Crippen LogP contribution >= 0.6 is 0 Å². The van der Waals surface area contributed by atoms with Crippen molar-refractivity contribution < 1.29 is 4.74 Å². The standard InChI is InChI=1S/C15H23NO/c1-14(2,3)10-16-13-11-8-6-7-9-12(11)17-15(13,4)5/h6-9,13,16H,10H2,1-5H3. The molecule has 0 saturated carbocycles. The summed E-state index contributed by atoms with van der Waals surface area (Å²) in [6.07, 6.45) is 0. The number of nitrogens with one attached hydrogen (secondary N) is 1. The van der Waals surface area contributed by atoms with Crippen LogP contribution in [0.4, 0.5) is 0 Å². The fraction of sp³-hybridized carbons (Fsp3) is 0.600. The summed E-state index contributed by atoms with van der Waals surface area (Å²) in [4.78, 5) is 0. The van der Waals surface area contributed by atoms with Gasteiger partial charge in [-0.15, -0.1) is 0 Å². The van der Waals surface area contributed by atoms with Gasteiger partial charge in [0.2, 0.25) is 0 Å². The maximum atomic E-state index is 6.01. The van der Waals surface area contributed by atoms with Crippen LogP contribution in [0.1, 0.15) is 46.2 Å². The molecule has 1 aromatic rings. The third kappa shape index (κ3) is 2.63. The highest BCUT2D eigenvalue weighted by Gasteiger charge is 2.40. The lowest BCUT2D eigenvalue weighted by Crippen LogP contribution is -2.42. The van der Waals surface area contributed by atoms with E-state index < -0.39 is 0 Å². The van der Waals surface area contributed by atoms with Crippen molar-refractivity contribution >= 4 is 0 Å². The second-order valence-corrected chi connectivity index (χ2v) is 6.62. The lowest BCUT2D eigenvalue weighted by molar-refractivity contribution is 0.0922. The zero-order chi connectivity index (χ0) is 12.7. The molecule has 1 aliphatic rings. The Bertz CT molecular complexity index is 404. The van der Waals surface area contributed by atoms with E-state index in [1.807, 2.05) is 6.07 Å². The molecule has 0 amide bonds. The van der Waals surface area contributed by atoms with E-state index >= 15 is 0 Å². The van der Waals surface area contributed by atoms with Crippen LogP contribution in [0.2, 0.25) is 0 Å². The molecule has 0 fully saturated rings. The van der Waals surface area contributed by atoms with Crippen LogP contribution in [0, 0.1) is 5.41 Å². The van der Waals surface area contributed by atoms with Crippen molar-refractivity contribution in [3.63, 3.8) is 0 Å². The van der Waals surface area contributed by atoms with Crippen molar-refractivity contribution in [3.8, 4) is 5.75 Å². The maximum absolute atomic E-state index is 6.01. The number of para-hydroxylation sites is 1.